The van der Waals surface area contributed by atoms with Gasteiger partial charge in [0.2, 0.25) is 5.91 Å². The summed E-state index contributed by atoms with van der Waals surface area (Å²) >= 11 is 1.75. The van der Waals surface area contributed by atoms with E-state index >= 15 is 0 Å². The molecule has 4 rings (SSSR count). The van der Waals surface area contributed by atoms with Crippen LogP contribution in [-0.2, 0) is 17.6 Å². The Labute approximate surface area is 156 Å². The van der Waals surface area contributed by atoms with E-state index in [1.807, 2.05) is 12.1 Å². The van der Waals surface area contributed by atoms with E-state index in [1.54, 1.807) is 30.8 Å². The van der Waals surface area contributed by atoms with Gasteiger partial charge in [0.25, 0.3) is 0 Å². The predicted octanol–water partition coefficient (Wildman–Crippen LogP) is 3.04. The number of aryl methyl sites for hydroxylation is 1. The van der Waals surface area contributed by atoms with Gasteiger partial charge in [-0.05, 0) is 42.9 Å². The second-order valence-corrected chi connectivity index (χ2v) is 7.78. The molecule has 0 spiro atoms. The van der Waals surface area contributed by atoms with E-state index < -0.39 is 0 Å². The van der Waals surface area contributed by atoms with Crippen molar-refractivity contribution in [2.75, 3.05) is 18.9 Å². The lowest BCUT2D eigenvalue weighted by molar-refractivity contribution is -0.118. The van der Waals surface area contributed by atoms with Crippen molar-refractivity contribution in [1.29, 1.82) is 0 Å². The summed E-state index contributed by atoms with van der Waals surface area (Å²) in [4.78, 5) is 27.8. The van der Waals surface area contributed by atoms with Gasteiger partial charge in [-0.2, -0.15) is 0 Å². The molecule has 134 valence electrons. The van der Waals surface area contributed by atoms with Gasteiger partial charge in [0, 0.05) is 29.9 Å². The third-order valence-electron chi connectivity index (χ3n) is 4.77. The van der Waals surface area contributed by atoms with Gasteiger partial charge < -0.3 is 10.6 Å². The van der Waals surface area contributed by atoms with Crippen molar-refractivity contribution < 1.29 is 4.79 Å². The van der Waals surface area contributed by atoms with Crippen molar-refractivity contribution in [2.24, 2.45) is 5.92 Å². The molecule has 0 aliphatic heterocycles. The molecular weight excluding hydrogens is 346 g/mol. The first-order chi connectivity index (χ1) is 12.7. The molecule has 2 N–H and O–H groups in total. The number of thiophene rings is 1. The molecule has 6 nitrogen and oxygen atoms in total. The van der Waals surface area contributed by atoms with Gasteiger partial charge in [0.1, 0.15) is 10.6 Å². The first-order valence-corrected chi connectivity index (χ1v) is 9.64. The Morgan fingerprint density at radius 2 is 2.27 bits per heavy atom. The van der Waals surface area contributed by atoms with Crippen LogP contribution >= 0.6 is 11.3 Å². The average Bonchev–Trinajstić information content (AvgIpc) is 3.03. The Morgan fingerprint density at radius 3 is 3.04 bits per heavy atom. The number of likely N-dealkylation sites (N-methyl/N-ethyl adjacent to an activating group) is 1. The number of hydrogen-bond donors (Lipinski definition) is 2. The highest BCUT2D eigenvalue weighted by atomic mass is 32.1. The summed E-state index contributed by atoms with van der Waals surface area (Å²) in [5.74, 6) is 2.00. The second-order valence-electron chi connectivity index (χ2n) is 6.70. The molecule has 0 aromatic carbocycles. The molecule has 3 aromatic rings. The third-order valence-corrected chi connectivity index (χ3v) is 5.92. The lowest BCUT2D eigenvalue weighted by atomic mass is 9.89. The Balaban J connectivity index is 1.84. The minimum Gasteiger partial charge on any atom is -0.360 e. The average molecular weight is 367 g/mol. The van der Waals surface area contributed by atoms with Crippen LogP contribution in [0.5, 0.6) is 0 Å². The Bertz CT molecular complexity index is 953. The summed E-state index contributed by atoms with van der Waals surface area (Å²) in [6.07, 6.45) is 6.81. The van der Waals surface area contributed by atoms with E-state index in [9.17, 15) is 4.79 Å². The SMILES string of the molecule is CNC(=O)CNc1nc(-c2cccnc2)nc2sc3c(c12)CCC(C)C3. The molecule has 1 aliphatic carbocycles. The minimum absolute atomic E-state index is 0.0718. The number of hydrogen-bond acceptors (Lipinski definition) is 6. The molecule has 1 atom stereocenters. The number of rotatable bonds is 4. The maximum absolute atomic E-state index is 11.7. The summed E-state index contributed by atoms with van der Waals surface area (Å²) in [6, 6.07) is 3.83. The fraction of sp³-hybridized carbons (Fsp3) is 0.368. The fourth-order valence-electron chi connectivity index (χ4n) is 3.35. The molecule has 0 radical (unpaired) electrons. The lowest BCUT2D eigenvalue weighted by Gasteiger charge is -2.18. The van der Waals surface area contributed by atoms with Gasteiger partial charge in [-0.25, -0.2) is 9.97 Å². The van der Waals surface area contributed by atoms with Gasteiger partial charge in [-0.15, -0.1) is 11.3 Å². The molecule has 1 aliphatic rings. The molecule has 3 heterocycles. The number of nitrogens with one attached hydrogen (secondary N) is 2. The largest absolute Gasteiger partial charge is 0.360 e. The van der Waals surface area contributed by atoms with Crippen LogP contribution < -0.4 is 10.6 Å². The predicted molar refractivity (Wildman–Crippen MR) is 104 cm³/mol. The zero-order valence-electron chi connectivity index (χ0n) is 14.9. The van der Waals surface area contributed by atoms with Gasteiger partial charge in [0.15, 0.2) is 5.82 Å². The molecule has 0 bridgehead atoms. The van der Waals surface area contributed by atoms with Crippen LogP contribution in [0.15, 0.2) is 24.5 Å². The normalized spacial score (nSPS) is 16.3. The van der Waals surface area contributed by atoms with Crippen LogP contribution in [0.3, 0.4) is 0 Å². The number of nitrogens with zero attached hydrogens (tertiary/aromatic N) is 3. The molecule has 0 saturated heterocycles. The Kier molecular flexibility index (Phi) is 4.55. The van der Waals surface area contributed by atoms with Crippen molar-refractivity contribution in [3.05, 3.63) is 35.0 Å². The monoisotopic (exact) mass is 367 g/mol. The number of aromatic nitrogens is 3. The summed E-state index contributed by atoms with van der Waals surface area (Å²) < 4.78 is 0. The number of anilines is 1. The van der Waals surface area contributed by atoms with Crippen LogP contribution in [0.25, 0.3) is 21.6 Å². The summed E-state index contributed by atoms with van der Waals surface area (Å²) in [5, 5.41) is 6.94. The van der Waals surface area contributed by atoms with E-state index in [1.165, 1.54) is 16.9 Å². The quantitative estimate of drug-likeness (QED) is 0.741. The maximum Gasteiger partial charge on any atom is 0.239 e. The zero-order chi connectivity index (χ0) is 18.1. The maximum atomic E-state index is 11.7. The zero-order valence-corrected chi connectivity index (χ0v) is 15.7. The van der Waals surface area contributed by atoms with Gasteiger partial charge in [-0.3, -0.25) is 9.78 Å². The highest BCUT2D eigenvalue weighted by molar-refractivity contribution is 7.19. The van der Waals surface area contributed by atoms with Crippen molar-refractivity contribution >= 4 is 33.3 Å². The first kappa shape index (κ1) is 16.9. The van der Waals surface area contributed by atoms with Gasteiger partial charge >= 0.3 is 0 Å². The van der Waals surface area contributed by atoms with Crippen LogP contribution in [0.1, 0.15) is 23.8 Å². The molecule has 0 saturated carbocycles. The molecule has 3 aromatic heterocycles. The van der Waals surface area contributed by atoms with Crippen molar-refractivity contribution in [3.8, 4) is 11.4 Å². The highest BCUT2D eigenvalue weighted by Crippen LogP contribution is 2.40. The molecule has 0 fully saturated rings. The van der Waals surface area contributed by atoms with Crippen LogP contribution in [-0.4, -0.2) is 34.5 Å². The standard InChI is InChI=1S/C19H21N5OS/c1-11-5-6-13-14(8-11)26-19-16(13)18(22-10-15(25)20-2)23-17(24-19)12-4-3-7-21-9-12/h3-4,7,9,11H,5-6,8,10H2,1-2H3,(H,20,25)(H,22,23,24). The molecule has 1 unspecified atom stereocenters. The molecule has 1 amide bonds. The summed E-state index contributed by atoms with van der Waals surface area (Å²) in [7, 11) is 1.63. The van der Waals surface area contributed by atoms with Gasteiger partial charge in [0.05, 0.1) is 11.9 Å². The molecule has 7 heteroatoms. The number of carbonyl (C=O) groups is 1. The highest BCUT2D eigenvalue weighted by Gasteiger charge is 2.24. The minimum atomic E-state index is -0.0718. The van der Waals surface area contributed by atoms with E-state index in [0.29, 0.717) is 11.7 Å². The summed E-state index contributed by atoms with van der Waals surface area (Å²) in [6.45, 7) is 2.49. The van der Waals surface area contributed by atoms with Crippen molar-refractivity contribution in [1.82, 2.24) is 20.3 Å². The van der Waals surface area contributed by atoms with Crippen LogP contribution in [0.4, 0.5) is 5.82 Å². The smallest absolute Gasteiger partial charge is 0.239 e. The van der Waals surface area contributed by atoms with Crippen molar-refractivity contribution in [3.63, 3.8) is 0 Å². The lowest BCUT2D eigenvalue weighted by Crippen LogP contribution is -2.26. The van der Waals surface area contributed by atoms with Crippen LogP contribution in [0.2, 0.25) is 0 Å². The third kappa shape index (κ3) is 3.14. The number of carbonyl (C=O) groups excluding carboxylic acids is 1. The van der Waals surface area contributed by atoms with E-state index in [4.69, 9.17) is 9.97 Å². The number of pyridine rings is 1. The summed E-state index contributed by atoms with van der Waals surface area (Å²) in [5.41, 5.74) is 2.22. The van der Waals surface area contributed by atoms with E-state index in [0.717, 1.165) is 34.4 Å². The topological polar surface area (TPSA) is 79.8 Å². The van der Waals surface area contributed by atoms with E-state index in [-0.39, 0.29) is 12.5 Å². The Morgan fingerprint density at radius 1 is 1.38 bits per heavy atom. The van der Waals surface area contributed by atoms with E-state index in [2.05, 4.69) is 22.5 Å². The van der Waals surface area contributed by atoms with Crippen LogP contribution in [0, 0.1) is 5.92 Å². The second kappa shape index (κ2) is 6.99. The number of fused-ring (bicyclic) bond motifs is 3. The first-order valence-electron chi connectivity index (χ1n) is 8.83. The van der Waals surface area contributed by atoms with Gasteiger partial charge in [-0.1, -0.05) is 6.92 Å². The van der Waals surface area contributed by atoms with Crippen molar-refractivity contribution in [2.45, 2.75) is 26.2 Å². The Hall–Kier alpha value is -2.54. The molecular formula is C19H21N5OS. The number of amides is 1. The molecule has 26 heavy (non-hydrogen) atoms. The fourth-order valence-corrected chi connectivity index (χ4v) is 4.73.